The summed E-state index contributed by atoms with van der Waals surface area (Å²) in [6, 6.07) is 2.13. The van der Waals surface area contributed by atoms with E-state index in [0.29, 0.717) is 0 Å². The quantitative estimate of drug-likeness (QED) is 0.228. The Morgan fingerprint density at radius 3 is 3.00 bits per heavy atom. The number of nitrogens with zero attached hydrogens (tertiary/aromatic N) is 1. The van der Waals surface area contributed by atoms with Crippen LogP contribution in [0.2, 0.25) is 0 Å². The molecule has 0 spiro atoms. The maximum Gasteiger partial charge on any atom is 0.0988 e. The summed E-state index contributed by atoms with van der Waals surface area (Å²) in [6.07, 6.45) is 6.35. The summed E-state index contributed by atoms with van der Waals surface area (Å²) in [6.45, 7) is 1.76. The molecule has 0 atom stereocenters. The third-order valence-electron chi connectivity index (χ3n) is 0.750. The fourth-order valence-electron chi connectivity index (χ4n) is 0.345. The molecule has 0 radical (unpaired) electrons. The minimum absolute atomic E-state index is 0.849. The first-order chi connectivity index (χ1) is 4.41. The molecule has 0 aliphatic carbocycles. The van der Waals surface area contributed by atoms with Crippen molar-refractivity contribution < 1.29 is 0 Å². The molecule has 0 unspecified atom stereocenters. The largest absolute Gasteiger partial charge is 0.374 e. The molecule has 0 aromatic heterocycles. The predicted octanol–water partition coefficient (Wildman–Crippen LogP) is -0.586. The second kappa shape index (κ2) is 6.99. The van der Waals surface area contributed by atoms with E-state index in [-0.39, 0.29) is 0 Å². The van der Waals surface area contributed by atoms with Gasteiger partial charge in [0.05, 0.1) is 6.34 Å². The van der Waals surface area contributed by atoms with Crippen molar-refractivity contribution in [1.29, 1.82) is 0 Å². The Morgan fingerprint density at radius 2 is 2.44 bits per heavy atom. The monoisotopic (exact) mass is 125 g/mol. The van der Waals surface area contributed by atoms with E-state index in [9.17, 15) is 0 Å². The van der Waals surface area contributed by atoms with Crippen LogP contribution in [0, 0.1) is 12.5 Å². The van der Waals surface area contributed by atoms with Gasteiger partial charge >= 0.3 is 0 Å². The zero-order valence-corrected chi connectivity index (χ0v) is 5.52. The highest BCUT2D eigenvalue weighted by Crippen LogP contribution is 1.53. The standard InChI is InChI=1S/C6H11N3/c1-3-8-6-9-5-4-7-2/h1,6-7H,4-5H2,2H3,(H,8,9). The zero-order valence-electron chi connectivity index (χ0n) is 5.52. The first kappa shape index (κ1) is 7.99. The number of rotatable bonds is 4. The van der Waals surface area contributed by atoms with E-state index in [0.717, 1.165) is 13.1 Å². The van der Waals surface area contributed by atoms with E-state index in [4.69, 9.17) is 6.42 Å². The summed E-state index contributed by atoms with van der Waals surface area (Å²) in [5.74, 6) is 0. The predicted molar refractivity (Wildman–Crippen MR) is 39.3 cm³/mol. The van der Waals surface area contributed by atoms with Crippen LogP contribution in [0.15, 0.2) is 4.99 Å². The molecule has 3 heteroatoms. The number of nitrogens with one attached hydrogen (secondary N) is 2. The van der Waals surface area contributed by atoms with Gasteiger partial charge in [0.25, 0.3) is 0 Å². The van der Waals surface area contributed by atoms with Crippen molar-refractivity contribution in [2.45, 2.75) is 0 Å². The van der Waals surface area contributed by atoms with E-state index in [1.165, 1.54) is 6.34 Å². The zero-order chi connectivity index (χ0) is 6.95. The number of terminal acetylenes is 1. The minimum atomic E-state index is 0.849. The highest BCUT2D eigenvalue weighted by molar-refractivity contribution is 5.55. The van der Waals surface area contributed by atoms with Gasteiger partial charge in [-0.05, 0) is 7.05 Å². The van der Waals surface area contributed by atoms with Gasteiger partial charge in [-0.1, -0.05) is 6.42 Å². The Morgan fingerprint density at radius 1 is 1.67 bits per heavy atom. The molecule has 0 aliphatic rings. The molecule has 0 saturated heterocycles. The van der Waals surface area contributed by atoms with E-state index in [1.807, 2.05) is 7.05 Å². The smallest absolute Gasteiger partial charge is 0.0988 e. The molecular weight excluding hydrogens is 114 g/mol. The molecule has 0 amide bonds. The minimum Gasteiger partial charge on any atom is -0.374 e. The van der Waals surface area contributed by atoms with Crippen LogP contribution in [0.3, 0.4) is 0 Å². The first-order valence-corrected chi connectivity index (χ1v) is 2.77. The maximum atomic E-state index is 4.84. The van der Waals surface area contributed by atoms with Crippen LogP contribution in [0.25, 0.3) is 0 Å². The van der Waals surface area contributed by atoms with Gasteiger partial charge in [0.15, 0.2) is 0 Å². The number of hydrogen-bond donors (Lipinski definition) is 2. The van der Waals surface area contributed by atoms with Crippen molar-refractivity contribution in [2.24, 2.45) is 4.99 Å². The molecule has 0 rings (SSSR count). The number of aliphatic imine (C=N–C) groups is 1. The third-order valence-corrected chi connectivity index (χ3v) is 0.750. The molecular formula is C6H11N3. The van der Waals surface area contributed by atoms with Gasteiger partial charge < -0.3 is 10.6 Å². The summed E-state index contributed by atoms with van der Waals surface area (Å²) in [5, 5.41) is 5.86. The Kier molecular flexibility index (Phi) is 6.21. The van der Waals surface area contributed by atoms with E-state index in [2.05, 4.69) is 21.7 Å². The van der Waals surface area contributed by atoms with Crippen LogP contribution >= 0.6 is 0 Å². The molecule has 0 heterocycles. The maximum absolute atomic E-state index is 4.84. The van der Waals surface area contributed by atoms with Gasteiger partial charge in [0.2, 0.25) is 0 Å². The summed E-state index contributed by atoms with van der Waals surface area (Å²) < 4.78 is 0. The molecule has 9 heavy (non-hydrogen) atoms. The number of hydrogen-bond acceptors (Lipinski definition) is 2. The average molecular weight is 125 g/mol. The average Bonchev–Trinajstić information content (AvgIpc) is 1.89. The number of likely N-dealkylation sites (N-methyl/N-ethyl adjacent to an activating group) is 1. The van der Waals surface area contributed by atoms with Gasteiger partial charge in [-0.15, -0.1) is 0 Å². The van der Waals surface area contributed by atoms with E-state index < -0.39 is 0 Å². The SMILES string of the molecule is C#CN=CNCCNC. The van der Waals surface area contributed by atoms with Crippen LogP contribution in [0.1, 0.15) is 0 Å². The van der Waals surface area contributed by atoms with Crippen LogP contribution in [0.4, 0.5) is 0 Å². The summed E-state index contributed by atoms with van der Waals surface area (Å²) in [7, 11) is 1.89. The van der Waals surface area contributed by atoms with Gasteiger partial charge in [0, 0.05) is 19.1 Å². The highest BCUT2D eigenvalue weighted by Gasteiger charge is 1.74. The van der Waals surface area contributed by atoms with Gasteiger partial charge in [-0.2, -0.15) is 4.99 Å². The highest BCUT2D eigenvalue weighted by atomic mass is 15.0. The molecule has 3 nitrogen and oxygen atoms in total. The molecule has 0 aromatic rings. The first-order valence-electron chi connectivity index (χ1n) is 2.77. The molecule has 0 aliphatic heterocycles. The Hall–Kier alpha value is -1.01. The van der Waals surface area contributed by atoms with Gasteiger partial charge in [-0.25, -0.2) is 0 Å². The normalized spacial score (nSPS) is 9.33. The Bertz CT molecular complexity index is 112. The molecule has 0 bridgehead atoms. The van der Waals surface area contributed by atoms with Gasteiger partial charge in [0.1, 0.15) is 0 Å². The molecule has 0 fully saturated rings. The Labute approximate surface area is 55.6 Å². The summed E-state index contributed by atoms with van der Waals surface area (Å²) >= 11 is 0. The van der Waals surface area contributed by atoms with Crippen LogP contribution in [0.5, 0.6) is 0 Å². The van der Waals surface area contributed by atoms with Crippen LogP contribution in [-0.2, 0) is 0 Å². The van der Waals surface area contributed by atoms with Crippen molar-refractivity contribution in [1.82, 2.24) is 10.6 Å². The van der Waals surface area contributed by atoms with E-state index in [1.54, 1.807) is 0 Å². The second-order valence-electron chi connectivity index (χ2n) is 1.44. The molecule has 0 aromatic carbocycles. The summed E-state index contributed by atoms with van der Waals surface area (Å²) in [4.78, 5) is 3.51. The van der Waals surface area contributed by atoms with E-state index >= 15 is 0 Å². The molecule has 2 N–H and O–H groups in total. The lowest BCUT2D eigenvalue weighted by Crippen LogP contribution is -2.23. The Balaban J connectivity index is 2.93. The van der Waals surface area contributed by atoms with Crippen molar-refractivity contribution in [3.8, 4) is 12.5 Å². The lowest BCUT2D eigenvalue weighted by molar-refractivity contribution is 0.763. The van der Waals surface area contributed by atoms with Crippen LogP contribution < -0.4 is 10.6 Å². The van der Waals surface area contributed by atoms with Crippen molar-refractivity contribution in [2.75, 3.05) is 20.1 Å². The van der Waals surface area contributed by atoms with Crippen molar-refractivity contribution >= 4 is 6.34 Å². The fourth-order valence-corrected chi connectivity index (χ4v) is 0.345. The third kappa shape index (κ3) is 6.99. The summed E-state index contributed by atoms with van der Waals surface area (Å²) in [5.41, 5.74) is 0. The lowest BCUT2D eigenvalue weighted by atomic mass is 10.6. The lowest BCUT2D eigenvalue weighted by Gasteiger charge is -1.95. The molecule has 50 valence electrons. The van der Waals surface area contributed by atoms with Crippen LogP contribution in [-0.4, -0.2) is 26.5 Å². The van der Waals surface area contributed by atoms with Crippen molar-refractivity contribution in [3.05, 3.63) is 0 Å². The van der Waals surface area contributed by atoms with Gasteiger partial charge in [-0.3, -0.25) is 0 Å². The fraction of sp³-hybridized carbons (Fsp3) is 0.500. The topological polar surface area (TPSA) is 36.4 Å². The van der Waals surface area contributed by atoms with Crippen molar-refractivity contribution in [3.63, 3.8) is 0 Å². The second-order valence-corrected chi connectivity index (χ2v) is 1.44. The molecule has 0 saturated carbocycles.